The van der Waals surface area contributed by atoms with E-state index < -0.39 is 0 Å². The molecule has 4 rings (SSSR count). The predicted molar refractivity (Wildman–Crippen MR) is 108 cm³/mol. The second-order valence-electron chi connectivity index (χ2n) is 6.52. The van der Waals surface area contributed by atoms with E-state index in [4.69, 9.17) is 27.6 Å². The predicted octanol–water partition coefficient (Wildman–Crippen LogP) is 5.04. The topological polar surface area (TPSA) is 62.6 Å². The number of fused-ring (bicyclic) bond motifs is 1. The minimum atomic E-state index is -0.341. The smallest absolute Gasteiger partial charge is 0.289 e. The molecule has 0 radical (unpaired) electrons. The summed E-state index contributed by atoms with van der Waals surface area (Å²) in [6, 6.07) is 13.8. The summed E-state index contributed by atoms with van der Waals surface area (Å²) in [5, 5.41) is 3.61. The van der Waals surface area contributed by atoms with E-state index in [1.165, 1.54) is 12.3 Å². The minimum absolute atomic E-state index is 0.143. The highest BCUT2D eigenvalue weighted by atomic mass is 35.5. The van der Waals surface area contributed by atoms with E-state index in [1.807, 2.05) is 18.2 Å². The molecule has 5 nitrogen and oxygen atoms in total. The molecule has 7 heteroatoms. The summed E-state index contributed by atoms with van der Waals surface area (Å²) in [6.45, 7) is 1.08. The van der Waals surface area contributed by atoms with Gasteiger partial charge in [-0.05, 0) is 60.0 Å². The second kappa shape index (κ2) is 7.70. The average Bonchev–Trinajstić information content (AvgIpc) is 3.23. The van der Waals surface area contributed by atoms with Crippen LogP contribution in [0.25, 0.3) is 0 Å². The lowest BCUT2D eigenvalue weighted by atomic mass is 9.98. The quantitative estimate of drug-likeness (QED) is 0.652. The third-order valence-corrected chi connectivity index (χ3v) is 5.23. The fourth-order valence-electron chi connectivity index (χ4n) is 3.23. The zero-order valence-electron chi connectivity index (χ0n) is 14.7. The van der Waals surface area contributed by atoms with Gasteiger partial charge in [0.1, 0.15) is 0 Å². The zero-order valence-corrected chi connectivity index (χ0v) is 16.3. The maximum absolute atomic E-state index is 12.6. The minimum Gasteiger partial charge on any atom is -0.459 e. The van der Waals surface area contributed by atoms with Crippen molar-refractivity contribution in [2.24, 2.45) is 0 Å². The molecule has 0 saturated carbocycles. The third-order valence-electron chi connectivity index (χ3n) is 4.67. The fourth-order valence-corrected chi connectivity index (χ4v) is 3.61. The van der Waals surface area contributed by atoms with Crippen molar-refractivity contribution in [1.82, 2.24) is 4.90 Å². The van der Waals surface area contributed by atoms with Crippen LogP contribution < -0.4 is 5.32 Å². The van der Waals surface area contributed by atoms with Gasteiger partial charge in [-0.25, -0.2) is 0 Å². The Bertz CT molecular complexity index is 1050. The number of rotatable bonds is 3. The molecular weight excluding hydrogens is 399 g/mol. The van der Waals surface area contributed by atoms with Gasteiger partial charge in [-0.1, -0.05) is 29.3 Å². The normalized spacial score (nSPS) is 13.1. The maximum atomic E-state index is 12.6. The lowest BCUT2D eigenvalue weighted by molar-refractivity contribution is 0.0702. The first-order chi connectivity index (χ1) is 13.5. The molecule has 2 aromatic carbocycles. The highest BCUT2D eigenvalue weighted by Gasteiger charge is 2.24. The first kappa shape index (κ1) is 18.6. The van der Waals surface area contributed by atoms with E-state index in [2.05, 4.69) is 5.32 Å². The molecule has 2 heterocycles. The van der Waals surface area contributed by atoms with Crippen LogP contribution >= 0.6 is 23.2 Å². The van der Waals surface area contributed by atoms with E-state index in [0.717, 1.165) is 17.5 Å². The van der Waals surface area contributed by atoms with Crippen LogP contribution in [0, 0.1) is 0 Å². The molecule has 3 aromatic rings. The van der Waals surface area contributed by atoms with Crippen molar-refractivity contribution < 1.29 is 14.0 Å². The molecular formula is C21H16Cl2N2O3. The molecule has 1 aliphatic rings. The Kier molecular flexibility index (Phi) is 5.11. The summed E-state index contributed by atoms with van der Waals surface area (Å²) < 4.78 is 5.21. The highest BCUT2D eigenvalue weighted by molar-refractivity contribution is 6.36. The van der Waals surface area contributed by atoms with E-state index in [-0.39, 0.29) is 11.8 Å². The Labute approximate surface area is 171 Å². The van der Waals surface area contributed by atoms with Crippen molar-refractivity contribution in [1.29, 1.82) is 0 Å². The van der Waals surface area contributed by atoms with Crippen LogP contribution in [0.1, 0.15) is 32.0 Å². The molecule has 0 bridgehead atoms. The molecule has 2 amide bonds. The fraction of sp³-hybridized carbons (Fsp3) is 0.143. The van der Waals surface area contributed by atoms with Gasteiger partial charge < -0.3 is 14.6 Å². The molecule has 0 aliphatic carbocycles. The van der Waals surface area contributed by atoms with Gasteiger partial charge in [-0.3, -0.25) is 9.59 Å². The van der Waals surface area contributed by atoms with Crippen molar-refractivity contribution in [2.45, 2.75) is 13.0 Å². The number of hydrogen-bond acceptors (Lipinski definition) is 3. The number of anilines is 1. The summed E-state index contributed by atoms with van der Waals surface area (Å²) in [7, 11) is 0. The van der Waals surface area contributed by atoms with Gasteiger partial charge >= 0.3 is 0 Å². The van der Waals surface area contributed by atoms with Crippen LogP contribution in [-0.2, 0) is 13.0 Å². The number of nitrogens with zero attached hydrogens (tertiary/aromatic N) is 1. The largest absolute Gasteiger partial charge is 0.459 e. The lowest BCUT2D eigenvalue weighted by Crippen LogP contribution is -2.35. The molecule has 0 saturated heterocycles. The number of carbonyl (C=O) groups is 2. The monoisotopic (exact) mass is 414 g/mol. The number of nitrogens with one attached hydrogen (secondary N) is 1. The van der Waals surface area contributed by atoms with Crippen LogP contribution in [0.15, 0.2) is 59.2 Å². The molecule has 142 valence electrons. The molecule has 0 spiro atoms. The van der Waals surface area contributed by atoms with Gasteiger partial charge in [0, 0.05) is 23.8 Å². The molecule has 1 N–H and O–H groups in total. The first-order valence-corrected chi connectivity index (χ1v) is 9.48. The van der Waals surface area contributed by atoms with Crippen molar-refractivity contribution >= 4 is 40.7 Å². The number of hydrogen-bond donors (Lipinski definition) is 1. The number of benzene rings is 2. The average molecular weight is 415 g/mol. The lowest BCUT2D eigenvalue weighted by Gasteiger charge is -2.28. The van der Waals surface area contributed by atoms with Crippen LogP contribution in [0.3, 0.4) is 0 Å². The van der Waals surface area contributed by atoms with Gasteiger partial charge in [-0.15, -0.1) is 0 Å². The number of furan rings is 1. The number of carbonyl (C=O) groups excluding carboxylic acids is 2. The van der Waals surface area contributed by atoms with Crippen LogP contribution in [-0.4, -0.2) is 23.3 Å². The summed E-state index contributed by atoms with van der Waals surface area (Å²) in [4.78, 5) is 26.8. The molecule has 0 unspecified atom stereocenters. The van der Waals surface area contributed by atoms with Crippen molar-refractivity contribution in [3.63, 3.8) is 0 Å². The summed E-state index contributed by atoms with van der Waals surface area (Å²) >= 11 is 12.1. The molecule has 0 fully saturated rings. The second-order valence-corrected chi connectivity index (χ2v) is 7.36. The van der Waals surface area contributed by atoms with Crippen LogP contribution in [0.5, 0.6) is 0 Å². The summed E-state index contributed by atoms with van der Waals surface area (Å²) in [5.41, 5.74) is 3.08. The SMILES string of the molecule is O=C(Nc1ccc2c(c1)CN(C(=O)c1ccco1)CC2)c1cc(Cl)ccc1Cl. The Morgan fingerprint density at radius 1 is 1.04 bits per heavy atom. The summed E-state index contributed by atoms with van der Waals surface area (Å²) in [6.07, 6.45) is 2.23. The third kappa shape index (κ3) is 3.77. The Morgan fingerprint density at radius 3 is 2.68 bits per heavy atom. The van der Waals surface area contributed by atoms with Gasteiger partial charge in [0.2, 0.25) is 0 Å². The Morgan fingerprint density at radius 2 is 1.89 bits per heavy atom. The van der Waals surface area contributed by atoms with Gasteiger partial charge in [-0.2, -0.15) is 0 Å². The number of halogens is 2. The van der Waals surface area contributed by atoms with Gasteiger partial charge in [0.25, 0.3) is 11.8 Å². The highest BCUT2D eigenvalue weighted by Crippen LogP contribution is 2.26. The van der Waals surface area contributed by atoms with E-state index in [0.29, 0.717) is 40.1 Å². The van der Waals surface area contributed by atoms with Gasteiger partial charge in [0.05, 0.1) is 16.8 Å². The van der Waals surface area contributed by atoms with Crippen LogP contribution in [0.2, 0.25) is 10.0 Å². The maximum Gasteiger partial charge on any atom is 0.289 e. The van der Waals surface area contributed by atoms with Crippen molar-refractivity contribution in [3.05, 3.63) is 87.3 Å². The molecule has 0 atom stereocenters. The van der Waals surface area contributed by atoms with E-state index in [1.54, 1.807) is 29.2 Å². The molecule has 28 heavy (non-hydrogen) atoms. The Hall–Kier alpha value is -2.76. The number of amides is 2. The summed E-state index contributed by atoms with van der Waals surface area (Å²) in [5.74, 6) is -0.161. The van der Waals surface area contributed by atoms with E-state index in [9.17, 15) is 9.59 Å². The van der Waals surface area contributed by atoms with Crippen molar-refractivity contribution in [2.75, 3.05) is 11.9 Å². The molecule has 1 aromatic heterocycles. The standard InChI is InChI=1S/C21H16Cl2N2O3/c22-15-4-6-18(23)17(11-15)20(26)24-16-5-3-13-7-8-25(12-14(13)10-16)21(27)19-2-1-9-28-19/h1-6,9-11H,7-8,12H2,(H,24,26). The van der Waals surface area contributed by atoms with Crippen LogP contribution in [0.4, 0.5) is 5.69 Å². The van der Waals surface area contributed by atoms with E-state index >= 15 is 0 Å². The van der Waals surface area contributed by atoms with Gasteiger partial charge in [0.15, 0.2) is 5.76 Å². The molecule has 1 aliphatic heterocycles. The van der Waals surface area contributed by atoms with Crippen molar-refractivity contribution in [3.8, 4) is 0 Å². The zero-order chi connectivity index (χ0) is 19.7. The Balaban J connectivity index is 1.52. The first-order valence-electron chi connectivity index (χ1n) is 8.72.